The van der Waals surface area contributed by atoms with Crippen molar-refractivity contribution in [2.45, 2.75) is 25.9 Å². The molecule has 18 heavy (non-hydrogen) atoms. The van der Waals surface area contributed by atoms with Crippen molar-refractivity contribution in [3.05, 3.63) is 35.9 Å². The number of carbonyl (C=O) groups is 1. The van der Waals surface area contributed by atoms with Crippen LogP contribution in [0.1, 0.15) is 31.4 Å². The number of hydroxylamine groups is 1. The van der Waals surface area contributed by atoms with Crippen LogP contribution in [0.3, 0.4) is 0 Å². The summed E-state index contributed by atoms with van der Waals surface area (Å²) in [7, 11) is 0. The fraction of sp³-hybridized carbons (Fsp3) is 0.500. The molecule has 0 aromatic heterocycles. The molecule has 0 unspecified atom stereocenters. The van der Waals surface area contributed by atoms with Gasteiger partial charge in [-0.3, -0.25) is 9.63 Å². The minimum atomic E-state index is -0.173. The first-order valence-electron chi connectivity index (χ1n) is 6.41. The lowest BCUT2D eigenvalue weighted by Crippen LogP contribution is -2.37. The highest BCUT2D eigenvalue weighted by molar-refractivity contribution is 5.78. The number of hydrogen-bond acceptors (Lipinski definition) is 3. The lowest BCUT2D eigenvalue weighted by atomic mass is 9.89. The fourth-order valence-corrected chi connectivity index (χ4v) is 2.24. The zero-order valence-electron chi connectivity index (χ0n) is 10.6. The second-order valence-corrected chi connectivity index (χ2v) is 4.35. The van der Waals surface area contributed by atoms with E-state index < -0.39 is 0 Å². The SMILES string of the molecule is CCONC(=O)[C@H]1CCCO[C@@H]1c1ccccc1. The predicted octanol–water partition coefficient (Wildman–Crippen LogP) is 2.22. The Morgan fingerprint density at radius 1 is 1.44 bits per heavy atom. The minimum absolute atomic E-state index is 0.0922. The van der Waals surface area contributed by atoms with Crippen molar-refractivity contribution in [3.63, 3.8) is 0 Å². The normalized spacial score (nSPS) is 23.6. The molecule has 0 saturated carbocycles. The van der Waals surface area contributed by atoms with Gasteiger partial charge in [0.2, 0.25) is 5.91 Å². The Hall–Kier alpha value is -1.39. The highest BCUT2D eigenvalue weighted by Gasteiger charge is 2.33. The summed E-state index contributed by atoms with van der Waals surface area (Å²) in [6, 6.07) is 9.88. The van der Waals surface area contributed by atoms with Gasteiger partial charge in [0, 0.05) is 6.61 Å². The fourth-order valence-electron chi connectivity index (χ4n) is 2.24. The molecule has 0 spiro atoms. The average Bonchev–Trinajstić information content (AvgIpc) is 2.45. The molecule has 98 valence electrons. The molecule has 1 heterocycles. The third kappa shape index (κ3) is 3.09. The largest absolute Gasteiger partial charge is 0.373 e. The molecule has 0 aliphatic carbocycles. The number of ether oxygens (including phenoxy) is 1. The second-order valence-electron chi connectivity index (χ2n) is 4.35. The predicted molar refractivity (Wildman–Crippen MR) is 67.6 cm³/mol. The zero-order chi connectivity index (χ0) is 12.8. The van der Waals surface area contributed by atoms with E-state index in [1.165, 1.54) is 0 Å². The first-order valence-corrected chi connectivity index (χ1v) is 6.41. The van der Waals surface area contributed by atoms with Crippen LogP contribution >= 0.6 is 0 Å². The van der Waals surface area contributed by atoms with Crippen molar-refractivity contribution in [1.29, 1.82) is 0 Å². The van der Waals surface area contributed by atoms with Gasteiger partial charge >= 0.3 is 0 Å². The maximum atomic E-state index is 12.0. The van der Waals surface area contributed by atoms with Gasteiger partial charge in [0.25, 0.3) is 0 Å². The van der Waals surface area contributed by atoms with Gasteiger partial charge in [-0.05, 0) is 25.3 Å². The summed E-state index contributed by atoms with van der Waals surface area (Å²) in [5.41, 5.74) is 3.53. The molecule has 1 aromatic rings. The van der Waals surface area contributed by atoms with Crippen LogP contribution in [0.5, 0.6) is 0 Å². The van der Waals surface area contributed by atoms with E-state index in [4.69, 9.17) is 9.57 Å². The smallest absolute Gasteiger partial charge is 0.249 e. The lowest BCUT2D eigenvalue weighted by Gasteiger charge is -2.30. The summed E-state index contributed by atoms with van der Waals surface area (Å²) in [6.45, 7) is 3.01. The summed E-state index contributed by atoms with van der Waals surface area (Å²) in [4.78, 5) is 17.0. The van der Waals surface area contributed by atoms with Crippen molar-refractivity contribution < 1.29 is 14.4 Å². The highest BCUT2D eigenvalue weighted by Crippen LogP contribution is 2.33. The molecule has 2 rings (SSSR count). The molecule has 0 bridgehead atoms. The van der Waals surface area contributed by atoms with Gasteiger partial charge in [0.15, 0.2) is 0 Å². The Bertz CT molecular complexity index is 380. The van der Waals surface area contributed by atoms with Crippen molar-refractivity contribution >= 4 is 5.91 Å². The van der Waals surface area contributed by atoms with Crippen LogP contribution in [-0.2, 0) is 14.4 Å². The standard InChI is InChI=1S/C14H19NO3/c1-2-18-15-14(16)12-9-6-10-17-13(12)11-7-4-3-5-8-11/h3-5,7-8,12-13H,2,6,9-10H2,1H3,(H,15,16)/t12-,13+/m0/s1. The number of carbonyl (C=O) groups excluding carboxylic acids is 1. The van der Waals surface area contributed by atoms with Gasteiger partial charge in [-0.15, -0.1) is 0 Å². The maximum Gasteiger partial charge on any atom is 0.249 e. The summed E-state index contributed by atoms with van der Waals surface area (Å²) in [6.07, 6.45) is 1.58. The van der Waals surface area contributed by atoms with Crippen molar-refractivity contribution in [2.24, 2.45) is 5.92 Å². The summed E-state index contributed by atoms with van der Waals surface area (Å²) in [5.74, 6) is -0.266. The van der Waals surface area contributed by atoms with Crippen LogP contribution < -0.4 is 5.48 Å². The monoisotopic (exact) mass is 249 g/mol. The zero-order valence-corrected chi connectivity index (χ0v) is 10.6. The quantitative estimate of drug-likeness (QED) is 0.832. The molecule has 1 aromatic carbocycles. The average molecular weight is 249 g/mol. The lowest BCUT2D eigenvalue weighted by molar-refractivity contribution is -0.147. The van der Waals surface area contributed by atoms with E-state index in [0.29, 0.717) is 13.2 Å². The van der Waals surface area contributed by atoms with E-state index in [9.17, 15) is 4.79 Å². The minimum Gasteiger partial charge on any atom is -0.373 e. The van der Waals surface area contributed by atoms with Crippen LogP contribution in [0.2, 0.25) is 0 Å². The molecule has 4 nitrogen and oxygen atoms in total. The van der Waals surface area contributed by atoms with Gasteiger partial charge in [-0.1, -0.05) is 30.3 Å². The Labute approximate surface area is 107 Å². The van der Waals surface area contributed by atoms with Crippen LogP contribution in [-0.4, -0.2) is 19.1 Å². The van der Waals surface area contributed by atoms with Crippen LogP contribution in [0.15, 0.2) is 30.3 Å². The number of hydrogen-bond donors (Lipinski definition) is 1. The third-order valence-corrected chi connectivity index (χ3v) is 3.10. The number of rotatable bonds is 4. The van der Waals surface area contributed by atoms with E-state index in [-0.39, 0.29) is 17.9 Å². The Morgan fingerprint density at radius 2 is 2.22 bits per heavy atom. The molecule has 1 aliphatic heterocycles. The first kappa shape index (κ1) is 13.1. The maximum absolute atomic E-state index is 12.0. The molecule has 0 radical (unpaired) electrons. The first-order chi connectivity index (χ1) is 8.83. The molecule has 1 aliphatic rings. The van der Waals surface area contributed by atoms with Crippen LogP contribution in [0, 0.1) is 5.92 Å². The van der Waals surface area contributed by atoms with Gasteiger partial charge in [-0.25, -0.2) is 5.48 Å². The van der Waals surface area contributed by atoms with E-state index >= 15 is 0 Å². The second kappa shape index (κ2) is 6.52. The number of nitrogens with one attached hydrogen (secondary N) is 1. The summed E-state index contributed by atoms with van der Waals surface area (Å²) in [5, 5.41) is 0. The van der Waals surface area contributed by atoms with Gasteiger partial charge in [0.05, 0.1) is 18.6 Å². The third-order valence-electron chi connectivity index (χ3n) is 3.10. The molecule has 1 saturated heterocycles. The topological polar surface area (TPSA) is 47.6 Å². The summed E-state index contributed by atoms with van der Waals surface area (Å²) < 4.78 is 5.76. The molecule has 2 atom stereocenters. The van der Waals surface area contributed by atoms with E-state index in [1.807, 2.05) is 37.3 Å². The van der Waals surface area contributed by atoms with Crippen molar-refractivity contribution in [3.8, 4) is 0 Å². The van der Waals surface area contributed by atoms with Gasteiger partial charge in [0.1, 0.15) is 0 Å². The highest BCUT2D eigenvalue weighted by atomic mass is 16.6. The number of amides is 1. The Balaban J connectivity index is 2.09. The van der Waals surface area contributed by atoms with E-state index in [1.54, 1.807) is 0 Å². The molecule has 1 fully saturated rings. The molecular weight excluding hydrogens is 230 g/mol. The van der Waals surface area contributed by atoms with Gasteiger partial charge in [-0.2, -0.15) is 0 Å². The van der Waals surface area contributed by atoms with Crippen LogP contribution in [0.4, 0.5) is 0 Å². The Kier molecular flexibility index (Phi) is 4.73. The van der Waals surface area contributed by atoms with Crippen molar-refractivity contribution in [2.75, 3.05) is 13.2 Å². The molecule has 1 amide bonds. The Morgan fingerprint density at radius 3 is 2.94 bits per heavy atom. The molecular formula is C14H19NO3. The van der Waals surface area contributed by atoms with E-state index in [0.717, 1.165) is 18.4 Å². The number of benzene rings is 1. The summed E-state index contributed by atoms with van der Waals surface area (Å²) >= 11 is 0. The van der Waals surface area contributed by atoms with Gasteiger partial charge < -0.3 is 4.74 Å². The van der Waals surface area contributed by atoms with E-state index in [2.05, 4.69) is 5.48 Å². The van der Waals surface area contributed by atoms with Crippen molar-refractivity contribution in [1.82, 2.24) is 5.48 Å². The van der Waals surface area contributed by atoms with Crippen LogP contribution in [0.25, 0.3) is 0 Å². The molecule has 4 heteroatoms. The molecule has 1 N–H and O–H groups in total.